The van der Waals surface area contributed by atoms with Crippen LogP contribution in [0.2, 0.25) is 0 Å². The van der Waals surface area contributed by atoms with Gasteiger partial charge in [0.25, 0.3) is 0 Å². The van der Waals surface area contributed by atoms with Gasteiger partial charge in [-0.15, -0.1) is 0 Å². The van der Waals surface area contributed by atoms with E-state index in [1.54, 1.807) is 0 Å². The minimum atomic E-state index is -1.21. The molecule has 1 aliphatic rings. The van der Waals surface area contributed by atoms with Crippen LogP contribution >= 0.6 is 0 Å². The van der Waals surface area contributed by atoms with Gasteiger partial charge in [0, 0.05) is 0 Å². The molecule has 1 fully saturated rings. The number of amidine groups is 1. The average molecular weight is 283 g/mol. The van der Waals surface area contributed by atoms with Crippen LogP contribution < -0.4 is 11.1 Å². The minimum absolute atomic E-state index is 0.214. The molecule has 0 bridgehead atoms. The van der Waals surface area contributed by atoms with Gasteiger partial charge in [-0.2, -0.15) is 0 Å². The van der Waals surface area contributed by atoms with Gasteiger partial charge in [0.1, 0.15) is 22.7 Å². The van der Waals surface area contributed by atoms with Gasteiger partial charge in [-0.3, -0.25) is 4.79 Å². The fourth-order valence-electron chi connectivity index (χ4n) is 2.59. The molecular weight excluding hydrogens is 268 g/mol. The van der Waals surface area contributed by atoms with E-state index in [0.717, 1.165) is 12.1 Å². The third-order valence-electron chi connectivity index (χ3n) is 3.63. The smallest absolute Gasteiger partial charge is 0.238 e. The second-order valence-electron chi connectivity index (χ2n) is 5.13. The molecule has 1 aromatic rings. The zero-order valence-electron chi connectivity index (χ0n) is 10.9. The Morgan fingerprint density at radius 1 is 1.45 bits per heavy atom. The first-order valence-electron chi connectivity index (χ1n) is 6.14. The van der Waals surface area contributed by atoms with E-state index < -0.39 is 28.6 Å². The van der Waals surface area contributed by atoms with Crippen LogP contribution in [0, 0.1) is 23.0 Å². The Labute approximate surface area is 114 Å². The van der Waals surface area contributed by atoms with Gasteiger partial charge in [-0.05, 0) is 30.9 Å². The van der Waals surface area contributed by atoms with E-state index in [-0.39, 0.29) is 11.8 Å². The number of benzene rings is 1. The maximum Gasteiger partial charge on any atom is 0.238 e. The molecule has 0 unspecified atom stereocenters. The summed E-state index contributed by atoms with van der Waals surface area (Å²) in [4.78, 5) is 12.3. The zero-order valence-corrected chi connectivity index (χ0v) is 10.9. The quantitative estimate of drug-likeness (QED) is 0.343. The highest BCUT2D eigenvalue weighted by molar-refractivity contribution is 6.12. The molecule has 0 atom stereocenters. The van der Waals surface area contributed by atoms with Crippen molar-refractivity contribution in [2.24, 2.45) is 22.2 Å². The van der Waals surface area contributed by atoms with Crippen molar-refractivity contribution >= 4 is 17.4 Å². The van der Waals surface area contributed by atoms with Crippen molar-refractivity contribution in [3.05, 3.63) is 29.8 Å². The minimum Gasteiger partial charge on any atom is -0.409 e. The lowest BCUT2D eigenvalue weighted by atomic mass is 9.61. The number of amides is 1. The summed E-state index contributed by atoms with van der Waals surface area (Å²) in [5.74, 6) is -2.45. The van der Waals surface area contributed by atoms with Gasteiger partial charge in [0.05, 0.1) is 0 Å². The molecule has 108 valence electrons. The van der Waals surface area contributed by atoms with E-state index >= 15 is 0 Å². The molecule has 1 aliphatic carbocycles. The lowest BCUT2D eigenvalue weighted by molar-refractivity contribution is -0.127. The number of hydrogen-bond acceptors (Lipinski definition) is 3. The maximum absolute atomic E-state index is 13.5. The highest BCUT2D eigenvalue weighted by Gasteiger charge is 2.52. The summed E-state index contributed by atoms with van der Waals surface area (Å²) in [6, 6.07) is 3.28. The van der Waals surface area contributed by atoms with E-state index in [1.807, 2.05) is 6.92 Å². The second kappa shape index (κ2) is 5.07. The van der Waals surface area contributed by atoms with E-state index in [2.05, 4.69) is 10.5 Å². The topological polar surface area (TPSA) is 87.7 Å². The van der Waals surface area contributed by atoms with Crippen LogP contribution in [0.15, 0.2) is 23.4 Å². The summed E-state index contributed by atoms with van der Waals surface area (Å²) in [6.45, 7) is 1.90. The number of halogens is 2. The number of nitrogens with two attached hydrogens (primary N) is 1. The van der Waals surface area contributed by atoms with Gasteiger partial charge in [0.2, 0.25) is 5.91 Å². The summed E-state index contributed by atoms with van der Waals surface area (Å²) in [5, 5.41) is 13.8. The molecule has 4 N–H and O–H groups in total. The molecule has 0 aliphatic heterocycles. The first-order chi connectivity index (χ1) is 9.40. The van der Waals surface area contributed by atoms with Crippen LogP contribution in [0.5, 0.6) is 0 Å². The normalized spacial score (nSPS) is 25.9. The number of nitrogens with zero attached hydrogens (tertiary/aromatic N) is 1. The Morgan fingerprint density at radius 2 is 2.00 bits per heavy atom. The van der Waals surface area contributed by atoms with E-state index in [0.29, 0.717) is 12.8 Å². The second-order valence-corrected chi connectivity index (χ2v) is 5.13. The molecule has 2 rings (SSSR count). The predicted octanol–water partition coefficient (Wildman–Crippen LogP) is 2.07. The maximum atomic E-state index is 13.5. The van der Waals surface area contributed by atoms with Gasteiger partial charge in [-0.1, -0.05) is 18.1 Å². The number of anilines is 1. The molecule has 0 aromatic heterocycles. The SMILES string of the molecule is CC1CC(C(=O)Nc2c(F)cccc2F)(/C(N)=N/O)C1. The third kappa shape index (κ3) is 2.19. The van der Waals surface area contributed by atoms with Crippen LogP contribution in [-0.4, -0.2) is 17.0 Å². The Balaban J connectivity index is 2.27. The lowest BCUT2D eigenvalue weighted by Crippen LogP contribution is -2.54. The van der Waals surface area contributed by atoms with Crippen molar-refractivity contribution in [2.75, 3.05) is 5.32 Å². The number of oxime groups is 1. The molecule has 1 aromatic carbocycles. The van der Waals surface area contributed by atoms with Crippen LogP contribution in [-0.2, 0) is 4.79 Å². The molecule has 0 saturated heterocycles. The number of nitrogens with one attached hydrogen (secondary N) is 1. The lowest BCUT2D eigenvalue weighted by Gasteiger charge is -2.43. The van der Waals surface area contributed by atoms with Crippen molar-refractivity contribution in [2.45, 2.75) is 19.8 Å². The third-order valence-corrected chi connectivity index (χ3v) is 3.63. The summed E-state index contributed by atoms with van der Waals surface area (Å²) < 4.78 is 27.0. The predicted molar refractivity (Wildman–Crippen MR) is 69.2 cm³/mol. The summed E-state index contributed by atoms with van der Waals surface area (Å²) in [7, 11) is 0. The standard InChI is InChI=1S/C13H15F2N3O2/c1-7-5-13(6-7,11(16)18-20)12(19)17-10-8(14)3-2-4-9(10)15/h2-4,7,20H,5-6H2,1H3,(H2,16,18)(H,17,19). The number of para-hydroxylation sites is 1. The molecule has 20 heavy (non-hydrogen) atoms. The fourth-order valence-corrected chi connectivity index (χ4v) is 2.59. The highest BCUT2D eigenvalue weighted by Crippen LogP contribution is 2.46. The van der Waals surface area contributed by atoms with Crippen molar-refractivity contribution in [1.82, 2.24) is 0 Å². The summed E-state index contributed by atoms with van der Waals surface area (Å²) in [6.07, 6.45) is 0.732. The largest absolute Gasteiger partial charge is 0.409 e. The number of carbonyl (C=O) groups is 1. The van der Waals surface area contributed by atoms with Gasteiger partial charge in [-0.25, -0.2) is 8.78 Å². The first kappa shape index (κ1) is 14.2. The molecule has 1 saturated carbocycles. The van der Waals surface area contributed by atoms with Gasteiger partial charge >= 0.3 is 0 Å². The summed E-state index contributed by atoms with van der Waals surface area (Å²) >= 11 is 0. The van der Waals surface area contributed by atoms with Gasteiger partial charge in [0.15, 0.2) is 5.84 Å². The van der Waals surface area contributed by atoms with E-state index in [1.165, 1.54) is 6.07 Å². The highest BCUT2D eigenvalue weighted by atomic mass is 19.1. The molecule has 5 nitrogen and oxygen atoms in total. The Morgan fingerprint density at radius 3 is 2.45 bits per heavy atom. The van der Waals surface area contributed by atoms with Gasteiger partial charge < -0.3 is 16.3 Å². The molecule has 0 radical (unpaired) electrons. The van der Waals surface area contributed by atoms with Crippen molar-refractivity contribution in [3.63, 3.8) is 0 Å². The number of carbonyl (C=O) groups excluding carboxylic acids is 1. The summed E-state index contributed by atoms with van der Waals surface area (Å²) in [5.41, 5.74) is 3.83. The van der Waals surface area contributed by atoms with Crippen molar-refractivity contribution in [3.8, 4) is 0 Å². The Bertz CT molecular complexity index is 548. The van der Waals surface area contributed by atoms with Crippen LogP contribution in [0.1, 0.15) is 19.8 Å². The van der Waals surface area contributed by atoms with Crippen LogP contribution in [0.3, 0.4) is 0 Å². The van der Waals surface area contributed by atoms with E-state index in [9.17, 15) is 13.6 Å². The Hall–Kier alpha value is -2.18. The zero-order chi connectivity index (χ0) is 14.9. The number of hydrogen-bond donors (Lipinski definition) is 3. The Kier molecular flexibility index (Phi) is 3.61. The molecule has 7 heteroatoms. The average Bonchev–Trinajstić information content (AvgIpc) is 2.38. The van der Waals surface area contributed by atoms with E-state index in [4.69, 9.17) is 10.9 Å². The molecule has 0 spiro atoms. The molecule has 1 amide bonds. The van der Waals surface area contributed by atoms with Crippen molar-refractivity contribution in [1.29, 1.82) is 0 Å². The molecule has 0 heterocycles. The van der Waals surface area contributed by atoms with Crippen LogP contribution in [0.25, 0.3) is 0 Å². The monoisotopic (exact) mass is 283 g/mol. The van der Waals surface area contributed by atoms with Crippen molar-refractivity contribution < 1.29 is 18.8 Å². The molecular formula is C13H15F2N3O2. The fraction of sp³-hybridized carbons (Fsp3) is 0.385. The van der Waals surface area contributed by atoms with Crippen LogP contribution in [0.4, 0.5) is 14.5 Å². The number of rotatable bonds is 3. The first-order valence-corrected chi connectivity index (χ1v) is 6.14.